The third kappa shape index (κ3) is 4.28. The molecule has 0 radical (unpaired) electrons. The normalized spacial score (nSPS) is 11.7. The largest absolute Gasteiger partial charge is 0.455 e. The molecule has 1 N–H and O–H groups in total. The van der Waals surface area contributed by atoms with E-state index in [0.29, 0.717) is 22.6 Å². The van der Waals surface area contributed by atoms with Crippen molar-refractivity contribution in [2.75, 3.05) is 0 Å². The minimum atomic E-state index is -0.977. The van der Waals surface area contributed by atoms with Crippen molar-refractivity contribution < 1.29 is 14.1 Å². The van der Waals surface area contributed by atoms with Crippen molar-refractivity contribution in [2.24, 2.45) is 5.10 Å². The summed E-state index contributed by atoms with van der Waals surface area (Å²) in [6, 6.07) is 19.9. The molecule has 0 unspecified atom stereocenters. The molecule has 3 aromatic rings. The van der Waals surface area contributed by atoms with Gasteiger partial charge in [-0.3, -0.25) is 14.9 Å². The number of rotatable bonds is 6. The average Bonchev–Trinajstić information content (AvgIpc) is 3.18. The molecule has 8 heteroatoms. The van der Waals surface area contributed by atoms with Crippen LogP contribution in [0.25, 0.3) is 11.3 Å². The van der Waals surface area contributed by atoms with Gasteiger partial charge in [0.1, 0.15) is 11.5 Å². The van der Waals surface area contributed by atoms with Crippen molar-refractivity contribution in [3.63, 3.8) is 0 Å². The molecule has 1 heterocycles. The fraction of sp³-hybridized carbons (Fsp3) is 0.0500. The summed E-state index contributed by atoms with van der Waals surface area (Å²) in [4.78, 5) is 22.5. The van der Waals surface area contributed by atoms with Gasteiger partial charge in [-0.15, -0.1) is 0 Å². The number of nitrogens with one attached hydrogen (secondary N) is 1. The van der Waals surface area contributed by atoms with E-state index in [-0.39, 0.29) is 5.69 Å². The summed E-state index contributed by atoms with van der Waals surface area (Å²) in [5.41, 5.74) is 3.39. The van der Waals surface area contributed by atoms with E-state index >= 15 is 0 Å². The van der Waals surface area contributed by atoms with E-state index < -0.39 is 16.7 Å². The molecule has 0 bridgehead atoms. The average molecular weight is 374 g/mol. The third-order valence-corrected chi connectivity index (χ3v) is 3.86. The molecule has 28 heavy (non-hydrogen) atoms. The number of benzene rings is 2. The first kappa shape index (κ1) is 18.5. The Labute approximate surface area is 159 Å². The molecule has 2 aromatic carbocycles. The number of hydrazone groups is 1. The van der Waals surface area contributed by atoms with E-state index in [2.05, 4.69) is 10.5 Å². The Balaban J connectivity index is 1.67. The second-order valence-corrected chi connectivity index (χ2v) is 5.72. The van der Waals surface area contributed by atoms with Crippen LogP contribution in [-0.4, -0.2) is 17.0 Å². The fourth-order valence-corrected chi connectivity index (χ4v) is 2.50. The summed E-state index contributed by atoms with van der Waals surface area (Å²) in [7, 11) is 0. The van der Waals surface area contributed by atoms with E-state index in [1.807, 2.05) is 6.07 Å². The van der Waals surface area contributed by atoms with Gasteiger partial charge < -0.3 is 4.42 Å². The highest BCUT2D eigenvalue weighted by atomic mass is 16.6. The molecule has 3 rings (SSSR count). The topological polar surface area (TPSA) is 122 Å². The van der Waals surface area contributed by atoms with E-state index in [9.17, 15) is 20.2 Å². The summed E-state index contributed by atoms with van der Waals surface area (Å²) in [5, 5.41) is 23.9. The number of nitro groups is 1. The Kier molecular flexibility index (Phi) is 5.58. The van der Waals surface area contributed by atoms with Crippen LogP contribution in [0, 0.1) is 21.4 Å². The van der Waals surface area contributed by atoms with Gasteiger partial charge in [-0.1, -0.05) is 42.5 Å². The first-order chi connectivity index (χ1) is 13.6. The number of hydrogen-bond donors (Lipinski definition) is 1. The van der Waals surface area contributed by atoms with Crippen molar-refractivity contribution >= 4 is 17.8 Å². The van der Waals surface area contributed by atoms with Crippen LogP contribution in [0.3, 0.4) is 0 Å². The zero-order valence-corrected chi connectivity index (χ0v) is 14.5. The second-order valence-electron chi connectivity index (χ2n) is 5.72. The van der Waals surface area contributed by atoms with Crippen LogP contribution in [0.5, 0.6) is 0 Å². The van der Waals surface area contributed by atoms with Crippen molar-refractivity contribution in [1.82, 2.24) is 5.43 Å². The Morgan fingerprint density at radius 3 is 2.68 bits per heavy atom. The number of carbonyl (C=O) groups excluding carboxylic acids is 1. The molecule has 0 spiro atoms. The second kappa shape index (κ2) is 8.42. The van der Waals surface area contributed by atoms with Crippen LogP contribution in [0.15, 0.2) is 76.2 Å². The molecule has 1 amide bonds. The Morgan fingerprint density at radius 2 is 1.96 bits per heavy atom. The molecule has 8 nitrogen and oxygen atoms in total. The number of nitriles is 1. The van der Waals surface area contributed by atoms with E-state index in [4.69, 9.17) is 4.42 Å². The van der Waals surface area contributed by atoms with Crippen molar-refractivity contribution in [3.05, 3.63) is 88.2 Å². The van der Waals surface area contributed by atoms with E-state index in [0.717, 1.165) is 0 Å². The number of carbonyl (C=O) groups is 1. The zero-order chi connectivity index (χ0) is 19.9. The maximum Gasteiger partial charge on any atom is 0.270 e. The van der Waals surface area contributed by atoms with Gasteiger partial charge in [-0.2, -0.15) is 10.4 Å². The van der Waals surface area contributed by atoms with Crippen LogP contribution < -0.4 is 5.43 Å². The molecule has 1 atom stereocenters. The fourth-order valence-electron chi connectivity index (χ4n) is 2.50. The predicted octanol–water partition coefficient (Wildman–Crippen LogP) is 3.61. The monoisotopic (exact) mass is 374 g/mol. The molecule has 0 aliphatic carbocycles. The van der Waals surface area contributed by atoms with E-state index in [1.165, 1.54) is 18.3 Å². The maximum atomic E-state index is 12.2. The highest BCUT2D eigenvalue weighted by molar-refractivity contribution is 5.87. The number of amides is 1. The van der Waals surface area contributed by atoms with Crippen LogP contribution >= 0.6 is 0 Å². The maximum absolute atomic E-state index is 12.2. The Morgan fingerprint density at radius 1 is 1.18 bits per heavy atom. The van der Waals surface area contributed by atoms with Crippen LogP contribution in [0.1, 0.15) is 17.2 Å². The Hall–Kier alpha value is -4.25. The highest BCUT2D eigenvalue weighted by Gasteiger charge is 2.19. The van der Waals surface area contributed by atoms with Crippen molar-refractivity contribution in [2.45, 2.75) is 5.92 Å². The first-order valence-electron chi connectivity index (χ1n) is 8.20. The minimum absolute atomic E-state index is 0.0418. The minimum Gasteiger partial charge on any atom is -0.455 e. The predicted molar refractivity (Wildman–Crippen MR) is 101 cm³/mol. The third-order valence-electron chi connectivity index (χ3n) is 3.86. The summed E-state index contributed by atoms with van der Waals surface area (Å²) in [6.07, 6.45) is 1.29. The molecule has 0 aliphatic heterocycles. The highest BCUT2D eigenvalue weighted by Crippen LogP contribution is 2.25. The van der Waals surface area contributed by atoms with Gasteiger partial charge in [-0.25, -0.2) is 5.43 Å². The first-order valence-corrected chi connectivity index (χ1v) is 8.20. The van der Waals surface area contributed by atoms with Crippen LogP contribution in [0.2, 0.25) is 0 Å². The summed E-state index contributed by atoms with van der Waals surface area (Å²) in [5.74, 6) is -0.767. The van der Waals surface area contributed by atoms with Gasteiger partial charge in [0.15, 0.2) is 5.92 Å². The number of nitro benzene ring substituents is 1. The number of hydrogen-bond acceptors (Lipinski definition) is 6. The summed E-state index contributed by atoms with van der Waals surface area (Å²) in [6.45, 7) is 0. The van der Waals surface area contributed by atoms with Gasteiger partial charge in [0.05, 0.1) is 17.2 Å². The Bertz CT molecular complexity index is 1070. The van der Waals surface area contributed by atoms with Crippen LogP contribution in [0.4, 0.5) is 5.69 Å². The number of furan rings is 1. The standard InChI is InChI=1S/C20H14N4O4/c21-12-18(14-5-2-1-3-6-14)20(25)23-22-13-17-9-10-19(28-17)15-7-4-8-16(11-15)24(26)27/h1-11,13,18H,(H,23,25)/b22-13-/t18-/m0/s1. The number of nitrogens with zero attached hydrogens (tertiary/aromatic N) is 3. The lowest BCUT2D eigenvalue weighted by atomic mass is 10.0. The van der Waals surface area contributed by atoms with Gasteiger partial charge in [-0.05, 0) is 17.7 Å². The molecule has 1 aromatic heterocycles. The molecular weight excluding hydrogens is 360 g/mol. The molecule has 138 valence electrons. The van der Waals surface area contributed by atoms with Gasteiger partial charge >= 0.3 is 0 Å². The van der Waals surface area contributed by atoms with Gasteiger partial charge in [0.25, 0.3) is 11.6 Å². The molecule has 0 fully saturated rings. The van der Waals surface area contributed by atoms with Crippen molar-refractivity contribution in [3.8, 4) is 17.4 Å². The van der Waals surface area contributed by atoms with Gasteiger partial charge in [0.2, 0.25) is 0 Å². The molecule has 0 saturated heterocycles. The summed E-state index contributed by atoms with van der Waals surface area (Å²) >= 11 is 0. The SMILES string of the molecule is N#C[C@H](C(=O)N/N=C\c1ccc(-c2cccc([N+](=O)[O-])c2)o1)c1ccccc1. The van der Waals surface area contributed by atoms with Crippen LogP contribution in [-0.2, 0) is 4.79 Å². The van der Waals surface area contributed by atoms with E-state index in [1.54, 1.807) is 54.6 Å². The molecular formula is C20H14N4O4. The lowest BCUT2D eigenvalue weighted by molar-refractivity contribution is -0.384. The summed E-state index contributed by atoms with van der Waals surface area (Å²) < 4.78 is 5.57. The number of non-ortho nitro benzene ring substituents is 1. The van der Waals surface area contributed by atoms with Gasteiger partial charge in [0, 0.05) is 17.7 Å². The smallest absolute Gasteiger partial charge is 0.270 e. The lowest BCUT2D eigenvalue weighted by Gasteiger charge is -2.06. The molecule has 0 aliphatic rings. The van der Waals surface area contributed by atoms with Crippen molar-refractivity contribution in [1.29, 1.82) is 5.26 Å². The quantitative estimate of drug-likeness (QED) is 0.401. The zero-order valence-electron chi connectivity index (χ0n) is 14.5. The molecule has 0 saturated carbocycles. The lowest BCUT2D eigenvalue weighted by Crippen LogP contribution is -2.24.